The van der Waals surface area contributed by atoms with Gasteiger partial charge >= 0.3 is 0 Å². The van der Waals surface area contributed by atoms with Crippen LogP contribution in [0.1, 0.15) is 37.5 Å². The fraction of sp³-hybridized carbons (Fsp3) is 0.500. The van der Waals surface area contributed by atoms with Gasteiger partial charge in [0.05, 0.1) is 7.11 Å². The van der Waals surface area contributed by atoms with Crippen LogP contribution in [0.3, 0.4) is 0 Å². The highest BCUT2D eigenvalue weighted by atomic mass is 32.2. The molecule has 0 heterocycles. The Morgan fingerprint density at radius 3 is 2.35 bits per heavy atom. The lowest BCUT2D eigenvalue weighted by Crippen LogP contribution is -2.05. The minimum Gasteiger partial charge on any atom is -0.496 e. The zero-order valence-corrected chi connectivity index (χ0v) is 12.3. The molecule has 0 saturated heterocycles. The van der Waals surface area contributed by atoms with Gasteiger partial charge in [-0.2, -0.15) is 0 Å². The Labute approximate surface area is 109 Å². The number of ether oxygens (including phenoxy) is 1. The minimum atomic E-state index is 0.159. The maximum Gasteiger partial charge on any atom is 0.122 e. The number of methoxy groups -OCH3 is 1. The van der Waals surface area contributed by atoms with Crippen LogP contribution >= 0.6 is 11.9 Å². The molecule has 1 aromatic rings. The molecule has 0 atom stereocenters. The fourth-order valence-electron chi connectivity index (χ4n) is 1.42. The highest BCUT2D eigenvalue weighted by Gasteiger charge is 2.09. The molecule has 0 aliphatic rings. The van der Waals surface area contributed by atoms with Crippen LogP contribution in [0.5, 0.6) is 5.75 Å². The first-order valence-electron chi connectivity index (χ1n) is 5.71. The average Bonchev–Trinajstić information content (AvgIpc) is 2.23. The van der Waals surface area contributed by atoms with Crippen LogP contribution in [0.15, 0.2) is 16.5 Å². The van der Waals surface area contributed by atoms with Gasteiger partial charge in [-0.3, -0.25) is 0 Å². The summed E-state index contributed by atoms with van der Waals surface area (Å²) in [6.07, 6.45) is 1.93. The number of hydrogen-bond donors (Lipinski definition) is 0. The molecule has 3 heteroatoms. The Balaban J connectivity index is 2.90. The normalized spacial score (nSPS) is 12.1. The van der Waals surface area contributed by atoms with E-state index in [1.165, 1.54) is 11.1 Å². The van der Waals surface area contributed by atoms with Gasteiger partial charge in [0.2, 0.25) is 0 Å². The maximum absolute atomic E-state index is 5.29. The summed E-state index contributed by atoms with van der Waals surface area (Å²) in [6, 6.07) is 4.04. The van der Waals surface area contributed by atoms with Gasteiger partial charge in [-0.25, -0.2) is 4.40 Å². The van der Waals surface area contributed by atoms with Crippen LogP contribution in [0.2, 0.25) is 0 Å². The van der Waals surface area contributed by atoms with Crippen molar-refractivity contribution in [3.8, 4) is 5.75 Å². The van der Waals surface area contributed by atoms with Gasteiger partial charge in [0.25, 0.3) is 0 Å². The molecule has 17 heavy (non-hydrogen) atoms. The second-order valence-electron chi connectivity index (χ2n) is 5.05. The smallest absolute Gasteiger partial charge is 0.122 e. The molecular weight excluding hydrogens is 230 g/mol. The third kappa shape index (κ3) is 4.08. The standard InChI is InChI=1S/C14H21NOS/c1-10-11(2)13(16-6)8-7-12(10)9-15-17-14(3,4)5/h7-9H,1-6H3. The summed E-state index contributed by atoms with van der Waals surface area (Å²) < 4.78 is 9.87. The first-order valence-corrected chi connectivity index (χ1v) is 6.48. The van der Waals surface area contributed by atoms with E-state index in [4.69, 9.17) is 4.74 Å². The lowest BCUT2D eigenvalue weighted by molar-refractivity contribution is 0.411. The van der Waals surface area contributed by atoms with E-state index < -0.39 is 0 Å². The number of benzene rings is 1. The molecule has 0 aromatic heterocycles. The van der Waals surface area contributed by atoms with Crippen molar-refractivity contribution in [2.45, 2.75) is 39.4 Å². The van der Waals surface area contributed by atoms with Gasteiger partial charge < -0.3 is 4.74 Å². The summed E-state index contributed by atoms with van der Waals surface area (Å²) in [5, 5.41) is 0. The molecule has 0 spiro atoms. The highest BCUT2D eigenvalue weighted by Crippen LogP contribution is 2.26. The van der Waals surface area contributed by atoms with Gasteiger partial charge in [0.15, 0.2) is 0 Å². The first-order chi connectivity index (χ1) is 7.85. The molecule has 0 aliphatic carbocycles. The largest absolute Gasteiger partial charge is 0.496 e. The Hall–Kier alpha value is -0.960. The van der Waals surface area contributed by atoms with Gasteiger partial charge in [-0.05, 0) is 75.4 Å². The molecule has 0 saturated carbocycles. The minimum absolute atomic E-state index is 0.159. The van der Waals surface area contributed by atoms with E-state index in [1.807, 2.05) is 18.3 Å². The van der Waals surface area contributed by atoms with E-state index >= 15 is 0 Å². The van der Waals surface area contributed by atoms with Gasteiger partial charge in [-0.15, -0.1) is 0 Å². The molecule has 0 bridgehead atoms. The summed E-state index contributed by atoms with van der Waals surface area (Å²) in [7, 11) is 1.70. The Morgan fingerprint density at radius 1 is 1.18 bits per heavy atom. The van der Waals surface area contributed by atoms with Crippen molar-refractivity contribution < 1.29 is 4.74 Å². The lowest BCUT2D eigenvalue weighted by Gasteiger charge is -2.13. The van der Waals surface area contributed by atoms with Crippen molar-refractivity contribution in [1.29, 1.82) is 0 Å². The van der Waals surface area contributed by atoms with E-state index in [2.05, 4.69) is 39.0 Å². The third-order valence-electron chi connectivity index (χ3n) is 2.52. The summed E-state index contributed by atoms with van der Waals surface area (Å²) in [6.45, 7) is 10.6. The molecule has 2 nitrogen and oxygen atoms in total. The van der Waals surface area contributed by atoms with Crippen LogP contribution in [0.25, 0.3) is 0 Å². The summed E-state index contributed by atoms with van der Waals surface area (Å²) in [5.41, 5.74) is 3.56. The Morgan fingerprint density at radius 2 is 1.82 bits per heavy atom. The zero-order valence-electron chi connectivity index (χ0n) is 11.5. The van der Waals surface area contributed by atoms with E-state index in [-0.39, 0.29) is 4.75 Å². The SMILES string of the molecule is COc1ccc(C=NSC(C)(C)C)c(C)c1C. The first kappa shape index (κ1) is 14.1. The predicted molar refractivity (Wildman–Crippen MR) is 77.4 cm³/mol. The molecule has 0 amide bonds. The summed E-state index contributed by atoms with van der Waals surface area (Å²) >= 11 is 1.59. The second kappa shape index (κ2) is 5.58. The second-order valence-corrected chi connectivity index (χ2v) is 6.66. The zero-order chi connectivity index (χ0) is 13.1. The molecule has 1 rings (SSSR count). The van der Waals surface area contributed by atoms with Gasteiger partial charge in [0.1, 0.15) is 5.75 Å². The average molecular weight is 251 g/mol. The molecule has 0 unspecified atom stereocenters. The summed E-state index contributed by atoms with van der Waals surface area (Å²) in [4.78, 5) is 0. The van der Waals surface area contributed by atoms with Crippen LogP contribution in [-0.4, -0.2) is 18.1 Å². The Bertz CT molecular complexity index is 419. The monoisotopic (exact) mass is 251 g/mol. The van der Waals surface area contributed by atoms with E-state index in [0.717, 1.165) is 11.3 Å². The third-order valence-corrected chi connectivity index (χ3v) is 3.28. The molecule has 0 fully saturated rings. The number of hydrogen-bond acceptors (Lipinski definition) is 3. The van der Waals surface area contributed by atoms with Crippen molar-refractivity contribution in [2.75, 3.05) is 7.11 Å². The van der Waals surface area contributed by atoms with Crippen LogP contribution in [0.4, 0.5) is 0 Å². The van der Waals surface area contributed by atoms with Crippen molar-refractivity contribution >= 4 is 18.2 Å². The van der Waals surface area contributed by atoms with Crippen LogP contribution < -0.4 is 4.74 Å². The molecule has 0 N–H and O–H groups in total. The topological polar surface area (TPSA) is 21.6 Å². The fourth-order valence-corrected chi connectivity index (χ4v) is 1.90. The molecular formula is C14H21NOS. The Kier molecular flexibility index (Phi) is 4.63. The quantitative estimate of drug-likeness (QED) is 0.594. The molecule has 0 radical (unpaired) electrons. The predicted octanol–water partition coefficient (Wildman–Crippen LogP) is 4.18. The lowest BCUT2D eigenvalue weighted by atomic mass is 10.0. The van der Waals surface area contributed by atoms with Crippen molar-refractivity contribution in [3.63, 3.8) is 0 Å². The van der Waals surface area contributed by atoms with Crippen LogP contribution in [0, 0.1) is 13.8 Å². The van der Waals surface area contributed by atoms with E-state index in [1.54, 1.807) is 19.1 Å². The van der Waals surface area contributed by atoms with E-state index in [0.29, 0.717) is 0 Å². The van der Waals surface area contributed by atoms with Crippen molar-refractivity contribution in [1.82, 2.24) is 0 Å². The summed E-state index contributed by atoms with van der Waals surface area (Å²) in [5.74, 6) is 0.933. The number of nitrogens with zero attached hydrogens (tertiary/aromatic N) is 1. The van der Waals surface area contributed by atoms with Crippen molar-refractivity contribution in [3.05, 3.63) is 28.8 Å². The van der Waals surface area contributed by atoms with Gasteiger partial charge in [-0.1, -0.05) is 0 Å². The molecule has 0 aliphatic heterocycles. The maximum atomic E-state index is 5.29. The van der Waals surface area contributed by atoms with Crippen molar-refractivity contribution in [2.24, 2.45) is 4.40 Å². The molecule has 1 aromatic carbocycles. The number of rotatable bonds is 3. The molecule has 94 valence electrons. The highest BCUT2D eigenvalue weighted by molar-refractivity contribution is 7.99. The van der Waals surface area contributed by atoms with E-state index in [9.17, 15) is 0 Å². The van der Waals surface area contributed by atoms with Gasteiger partial charge in [0, 0.05) is 11.0 Å². The van der Waals surface area contributed by atoms with Crippen LogP contribution in [-0.2, 0) is 0 Å².